The Labute approximate surface area is 155 Å². The molecular weight excluding hydrogens is 349 g/mol. The highest BCUT2D eigenvalue weighted by Gasteiger charge is 2.23. The first-order valence-electron chi connectivity index (χ1n) is 9.33. The minimum absolute atomic E-state index is 0.285. The highest BCUT2D eigenvalue weighted by molar-refractivity contribution is 6.59. The van der Waals surface area contributed by atoms with Crippen LogP contribution in [0.5, 0.6) is 0 Å². The van der Waals surface area contributed by atoms with Crippen molar-refractivity contribution in [1.82, 2.24) is 0 Å². The van der Waals surface area contributed by atoms with Gasteiger partial charge >= 0.3 is 0 Å². The summed E-state index contributed by atoms with van der Waals surface area (Å²) in [5.74, 6) is 3.67. The Morgan fingerprint density at radius 3 is 2.35 bits per heavy atom. The van der Waals surface area contributed by atoms with Gasteiger partial charge in [-0.1, -0.05) is 49.4 Å². The molecule has 1 saturated heterocycles. The van der Waals surface area contributed by atoms with Crippen molar-refractivity contribution in [2.24, 2.45) is 0 Å². The minimum Gasteiger partial charge on any atom is -0.206 e. The molecule has 0 atom stereocenters. The first-order chi connectivity index (χ1) is 12.6. The lowest BCUT2D eigenvalue weighted by Gasteiger charge is -2.27. The normalized spacial score (nSPS) is 19.7. The standard InChI is InChI=1S/C22H23F3Si/c1-2-11-26-12-9-17(10-13-26)19-7-6-18(21(24)15-19)5-3-16-4-8-20(23)22(25)14-16/h4,6-8,14-15,17,26H,2,9-13H2,1H3/t17-,26-. The summed E-state index contributed by atoms with van der Waals surface area (Å²) in [5, 5.41) is 0. The fraction of sp³-hybridized carbons (Fsp3) is 0.364. The van der Waals surface area contributed by atoms with Crippen molar-refractivity contribution in [1.29, 1.82) is 0 Å². The van der Waals surface area contributed by atoms with Crippen LogP contribution in [0.25, 0.3) is 0 Å². The first kappa shape index (κ1) is 18.8. The predicted octanol–water partition coefficient (Wildman–Crippen LogP) is 6.02. The van der Waals surface area contributed by atoms with Crippen molar-refractivity contribution in [3.8, 4) is 11.8 Å². The molecule has 136 valence electrons. The van der Waals surface area contributed by atoms with Crippen LogP contribution >= 0.6 is 0 Å². The smallest absolute Gasteiger partial charge is 0.160 e. The second-order valence-corrected chi connectivity index (χ2v) is 10.6. The van der Waals surface area contributed by atoms with Crippen LogP contribution in [0.1, 0.15) is 48.8 Å². The van der Waals surface area contributed by atoms with Crippen LogP contribution in [0.3, 0.4) is 0 Å². The van der Waals surface area contributed by atoms with Crippen molar-refractivity contribution in [3.05, 3.63) is 70.5 Å². The highest BCUT2D eigenvalue weighted by Crippen LogP contribution is 2.35. The molecule has 1 aliphatic rings. The van der Waals surface area contributed by atoms with E-state index in [0.29, 0.717) is 11.5 Å². The Hall–Kier alpha value is -1.99. The zero-order chi connectivity index (χ0) is 18.5. The van der Waals surface area contributed by atoms with Gasteiger partial charge in [-0.25, -0.2) is 13.2 Å². The number of benzene rings is 2. The third-order valence-electron chi connectivity index (χ3n) is 5.27. The molecule has 3 rings (SSSR count). The Balaban J connectivity index is 1.70. The van der Waals surface area contributed by atoms with Gasteiger partial charge < -0.3 is 0 Å². The van der Waals surface area contributed by atoms with E-state index in [-0.39, 0.29) is 11.4 Å². The molecule has 0 saturated carbocycles. The van der Waals surface area contributed by atoms with Crippen molar-refractivity contribution < 1.29 is 13.2 Å². The highest BCUT2D eigenvalue weighted by atomic mass is 28.3. The van der Waals surface area contributed by atoms with Gasteiger partial charge in [0, 0.05) is 14.4 Å². The van der Waals surface area contributed by atoms with E-state index >= 15 is 0 Å². The molecule has 26 heavy (non-hydrogen) atoms. The van der Waals surface area contributed by atoms with Gasteiger partial charge in [0.15, 0.2) is 11.6 Å². The lowest BCUT2D eigenvalue weighted by atomic mass is 9.92. The molecule has 1 heterocycles. The number of hydrogen-bond donors (Lipinski definition) is 0. The van der Waals surface area contributed by atoms with Crippen molar-refractivity contribution in [3.63, 3.8) is 0 Å². The van der Waals surface area contributed by atoms with E-state index in [1.807, 2.05) is 6.07 Å². The van der Waals surface area contributed by atoms with Crippen molar-refractivity contribution >= 4 is 8.80 Å². The van der Waals surface area contributed by atoms with Gasteiger partial charge in [0.1, 0.15) is 5.82 Å². The topological polar surface area (TPSA) is 0 Å². The van der Waals surface area contributed by atoms with Gasteiger partial charge in [-0.15, -0.1) is 0 Å². The quantitative estimate of drug-likeness (QED) is 0.457. The summed E-state index contributed by atoms with van der Waals surface area (Å²) >= 11 is 0. The molecule has 0 aliphatic carbocycles. The van der Waals surface area contributed by atoms with Gasteiger partial charge in [-0.2, -0.15) is 0 Å². The van der Waals surface area contributed by atoms with E-state index in [1.165, 1.54) is 43.5 Å². The Kier molecular flexibility index (Phi) is 6.21. The molecule has 0 spiro atoms. The van der Waals surface area contributed by atoms with E-state index in [2.05, 4.69) is 18.8 Å². The molecule has 0 unspecified atom stereocenters. The first-order valence-corrected chi connectivity index (χ1v) is 11.8. The second kappa shape index (κ2) is 8.59. The monoisotopic (exact) mass is 372 g/mol. The summed E-state index contributed by atoms with van der Waals surface area (Å²) in [4.78, 5) is 0. The second-order valence-electron chi connectivity index (χ2n) is 7.12. The molecule has 0 radical (unpaired) electrons. The molecule has 0 N–H and O–H groups in total. The van der Waals surface area contributed by atoms with Crippen molar-refractivity contribution in [2.45, 2.75) is 50.2 Å². The maximum atomic E-state index is 14.4. The van der Waals surface area contributed by atoms with Crippen LogP contribution in [0.4, 0.5) is 13.2 Å². The molecule has 0 aromatic heterocycles. The zero-order valence-electron chi connectivity index (χ0n) is 15.0. The summed E-state index contributed by atoms with van der Waals surface area (Å²) in [5.41, 5.74) is 1.67. The third kappa shape index (κ3) is 4.59. The zero-order valence-corrected chi connectivity index (χ0v) is 16.2. The molecule has 1 fully saturated rings. The Bertz CT molecular complexity index is 827. The van der Waals surface area contributed by atoms with E-state index in [1.54, 1.807) is 12.1 Å². The summed E-state index contributed by atoms with van der Waals surface area (Å²) in [7, 11) is -0.538. The lowest BCUT2D eigenvalue weighted by molar-refractivity contribution is 0.508. The summed E-state index contributed by atoms with van der Waals surface area (Å²) < 4.78 is 40.6. The van der Waals surface area contributed by atoms with E-state index < -0.39 is 20.4 Å². The van der Waals surface area contributed by atoms with E-state index in [9.17, 15) is 13.2 Å². The number of halogens is 3. The molecule has 0 bridgehead atoms. The van der Waals surface area contributed by atoms with Crippen molar-refractivity contribution in [2.75, 3.05) is 0 Å². The summed E-state index contributed by atoms with van der Waals surface area (Å²) in [6.07, 6.45) is 3.65. The van der Waals surface area contributed by atoms with Crippen LogP contribution in [-0.4, -0.2) is 8.80 Å². The van der Waals surface area contributed by atoms with Gasteiger partial charge in [0.05, 0.1) is 5.56 Å². The van der Waals surface area contributed by atoms with Gasteiger partial charge in [0.25, 0.3) is 0 Å². The fourth-order valence-electron chi connectivity index (χ4n) is 3.79. The van der Waals surface area contributed by atoms with Crippen LogP contribution in [0.15, 0.2) is 36.4 Å². The van der Waals surface area contributed by atoms with Crippen LogP contribution in [0, 0.1) is 29.3 Å². The predicted molar refractivity (Wildman–Crippen MR) is 103 cm³/mol. The molecule has 0 nitrogen and oxygen atoms in total. The summed E-state index contributed by atoms with van der Waals surface area (Å²) in [6, 6.07) is 12.8. The Morgan fingerprint density at radius 2 is 1.69 bits per heavy atom. The summed E-state index contributed by atoms with van der Waals surface area (Å²) in [6.45, 7) is 2.26. The van der Waals surface area contributed by atoms with Crippen LogP contribution < -0.4 is 0 Å². The molecule has 4 heteroatoms. The van der Waals surface area contributed by atoms with E-state index in [0.717, 1.165) is 17.7 Å². The maximum Gasteiger partial charge on any atom is 0.160 e. The molecule has 1 aliphatic heterocycles. The van der Waals surface area contributed by atoms with Gasteiger partial charge in [-0.3, -0.25) is 0 Å². The van der Waals surface area contributed by atoms with E-state index in [4.69, 9.17) is 0 Å². The van der Waals surface area contributed by atoms with Crippen LogP contribution in [-0.2, 0) is 0 Å². The van der Waals surface area contributed by atoms with Gasteiger partial charge in [0.2, 0.25) is 0 Å². The average molecular weight is 373 g/mol. The Morgan fingerprint density at radius 1 is 0.923 bits per heavy atom. The average Bonchev–Trinajstić information content (AvgIpc) is 2.64. The molecule has 2 aromatic rings. The minimum atomic E-state index is -0.949. The third-order valence-corrected chi connectivity index (χ3v) is 8.96. The van der Waals surface area contributed by atoms with Crippen LogP contribution in [0.2, 0.25) is 18.1 Å². The lowest BCUT2D eigenvalue weighted by Crippen LogP contribution is -2.20. The molecule has 0 amide bonds. The maximum absolute atomic E-state index is 14.4. The fourth-order valence-corrected chi connectivity index (χ4v) is 7.22. The largest absolute Gasteiger partial charge is 0.206 e. The SMILES string of the molecule is CCC[Si@H]1CC[C@H](c2ccc(C#Cc3ccc(F)c(F)c3)c(F)c2)CC1. The number of hydrogen-bond acceptors (Lipinski definition) is 0. The molecular formula is C22H23F3Si. The van der Waals surface area contributed by atoms with Gasteiger partial charge in [-0.05, 0) is 54.7 Å². The molecule has 2 aromatic carbocycles. The number of rotatable bonds is 3.